The summed E-state index contributed by atoms with van der Waals surface area (Å²) in [6.07, 6.45) is 4.14. The molecule has 2 fully saturated rings. The van der Waals surface area contributed by atoms with Gasteiger partial charge in [-0.05, 0) is 49.9 Å². The number of nitrogens with zero attached hydrogens (tertiary/aromatic N) is 2. The third-order valence-electron chi connectivity index (χ3n) is 5.54. The lowest BCUT2D eigenvalue weighted by atomic mass is 9.93. The number of aryl methyl sites for hydroxylation is 1. The fourth-order valence-electron chi connectivity index (χ4n) is 4.07. The first-order valence-corrected chi connectivity index (χ1v) is 8.45. The van der Waals surface area contributed by atoms with Gasteiger partial charge < -0.3 is 5.73 Å². The second kappa shape index (κ2) is 6.47. The van der Waals surface area contributed by atoms with Crippen molar-refractivity contribution in [3.8, 4) is 0 Å². The van der Waals surface area contributed by atoms with Gasteiger partial charge in [0.05, 0.1) is 0 Å². The summed E-state index contributed by atoms with van der Waals surface area (Å²) in [7, 11) is 0. The van der Waals surface area contributed by atoms with Crippen LogP contribution < -0.4 is 5.73 Å². The molecule has 2 atom stereocenters. The van der Waals surface area contributed by atoms with Gasteiger partial charge >= 0.3 is 0 Å². The fraction of sp³-hybridized carbons (Fsp3) is 0.667. The van der Waals surface area contributed by atoms with E-state index in [0.717, 1.165) is 19.1 Å². The molecule has 0 radical (unpaired) electrons. The highest BCUT2D eigenvalue weighted by Gasteiger charge is 2.32. The summed E-state index contributed by atoms with van der Waals surface area (Å²) < 4.78 is 0. The maximum atomic E-state index is 6.17. The quantitative estimate of drug-likeness (QED) is 0.927. The number of benzene rings is 1. The Labute approximate surface area is 129 Å². The first kappa shape index (κ1) is 15.0. The maximum Gasteiger partial charge on any atom is 0.0474 e. The van der Waals surface area contributed by atoms with Crippen LogP contribution >= 0.6 is 0 Å². The Balaban J connectivity index is 1.78. The lowest BCUT2D eigenvalue weighted by molar-refractivity contribution is 0.0285. The number of hydrogen-bond donors (Lipinski definition) is 1. The standard InChI is InChI=1S/C18H29N3/c1-14-6-5-8-17(15(14)2)18(12-19)21-11-10-20-9-4-3-7-16(20)13-21/h5-6,8,16,18H,3-4,7,9-13,19H2,1-2H3. The summed E-state index contributed by atoms with van der Waals surface area (Å²) in [5.41, 5.74) is 10.4. The summed E-state index contributed by atoms with van der Waals surface area (Å²) in [6.45, 7) is 10.0. The van der Waals surface area contributed by atoms with Crippen LogP contribution in [0.1, 0.15) is 42.0 Å². The molecule has 3 nitrogen and oxygen atoms in total. The van der Waals surface area contributed by atoms with Gasteiger partial charge in [-0.15, -0.1) is 0 Å². The minimum atomic E-state index is 0.383. The molecule has 2 unspecified atom stereocenters. The van der Waals surface area contributed by atoms with Gasteiger partial charge in [-0.3, -0.25) is 9.80 Å². The van der Waals surface area contributed by atoms with Gasteiger partial charge in [0.2, 0.25) is 0 Å². The van der Waals surface area contributed by atoms with E-state index in [-0.39, 0.29) is 0 Å². The number of nitrogens with two attached hydrogens (primary N) is 1. The van der Waals surface area contributed by atoms with E-state index in [2.05, 4.69) is 41.8 Å². The number of piperazine rings is 1. The molecule has 0 amide bonds. The van der Waals surface area contributed by atoms with Crippen LogP contribution in [0.25, 0.3) is 0 Å². The van der Waals surface area contributed by atoms with Gasteiger partial charge in [0.15, 0.2) is 0 Å². The Morgan fingerprint density at radius 1 is 1.19 bits per heavy atom. The first-order chi connectivity index (χ1) is 10.2. The molecule has 0 bridgehead atoms. The Bertz CT molecular complexity index is 485. The smallest absolute Gasteiger partial charge is 0.0474 e. The van der Waals surface area contributed by atoms with E-state index in [1.807, 2.05) is 0 Å². The van der Waals surface area contributed by atoms with Gasteiger partial charge in [0.1, 0.15) is 0 Å². The number of fused-ring (bicyclic) bond motifs is 1. The molecule has 3 rings (SSSR count). The fourth-order valence-corrected chi connectivity index (χ4v) is 4.07. The summed E-state index contributed by atoms with van der Waals surface area (Å²) in [4.78, 5) is 5.32. The van der Waals surface area contributed by atoms with Crippen molar-refractivity contribution in [1.29, 1.82) is 0 Å². The second-order valence-electron chi connectivity index (χ2n) is 6.72. The average Bonchev–Trinajstić information content (AvgIpc) is 2.52. The van der Waals surface area contributed by atoms with Crippen LogP contribution in [0.5, 0.6) is 0 Å². The van der Waals surface area contributed by atoms with Crippen molar-refractivity contribution in [2.75, 3.05) is 32.7 Å². The minimum Gasteiger partial charge on any atom is -0.329 e. The molecule has 2 aliphatic heterocycles. The molecule has 21 heavy (non-hydrogen) atoms. The summed E-state index contributed by atoms with van der Waals surface area (Å²) in [5.74, 6) is 0. The Kier molecular flexibility index (Phi) is 4.63. The average molecular weight is 287 g/mol. The van der Waals surface area contributed by atoms with Crippen LogP contribution in [0, 0.1) is 13.8 Å². The zero-order chi connectivity index (χ0) is 14.8. The monoisotopic (exact) mass is 287 g/mol. The van der Waals surface area contributed by atoms with Crippen LogP contribution in [0.15, 0.2) is 18.2 Å². The molecule has 0 aliphatic carbocycles. The molecule has 0 saturated carbocycles. The van der Waals surface area contributed by atoms with Crippen molar-refractivity contribution in [2.24, 2.45) is 5.73 Å². The van der Waals surface area contributed by atoms with Gasteiger partial charge in [-0.1, -0.05) is 24.6 Å². The highest BCUT2D eigenvalue weighted by atomic mass is 15.3. The molecule has 116 valence electrons. The minimum absolute atomic E-state index is 0.383. The normalized spacial score (nSPS) is 25.6. The van der Waals surface area contributed by atoms with Crippen molar-refractivity contribution in [3.63, 3.8) is 0 Å². The molecule has 1 aromatic carbocycles. The molecule has 0 aromatic heterocycles. The van der Waals surface area contributed by atoms with Crippen molar-refractivity contribution in [2.45, 2.75) is 45.2 Å². The third kappa shape index (κ3) is 3.01. The molecule has 2 aliphatic rings. The van der Waals surface area contributed by atoms with Crippen LogP contribution in [0.2, 0.25) is 0 Å². The van der Waals surface area contributed by atoms with E-state index in [1.165, 1.54) is 55.6 Å². The molecule has 1 aromatic rings. The van der Waals surface area contributed by atoms with Crippen LogP contribution in [0.4, 0.5) is 0 Å². The topological polar surface area (TPSA) is 32.5 Å². The van der Waals surface area contributed by atoms with Crippen molar-refractivity contribution < 1.29 is 0 Å². The number of piperidine rings is 1. The Morgan fingerprint density at radius 2 is 2.05 bits per heavy atom. The van der Waals surface area contributed by atoms with E-state index in [4.69, 9.17) is 5.73 Å². The van der Waals surface area contributed by atoms with Crippen LogP contribution in [-0.4, -0.2) is 48.6 Å². The molecule has 3 heteroatoms. The predicted molar refractivity (Wildman–Crippen MR) is 88.5 cm³/mol. The lowest BCUT2D eigenvalue weighted by Crippen LogP contribution is -2.56. The summed E-state index contributed by atoms with van der Waals surface area (Å²) in [6, 6.07) is 7.79. The van der Waals surface area contributed by atoms with Gasteiger partial charge in [-0.2, -0.15) is 0 Å². The Morgan fingerprint density at radius 3 is 2.86 bits per heavy atom. The zero-order valence-electron chi connectivity index (χ0n) is 13.5. The Hall–Kier alpha value is -0.900. The van der Waals surface area contributed by atoms with E-state index in [0.29, 0.717) is 6.04 Å². The highest BCUT2D eigenvalue weighted by Crippen LogP contribution is 2.29. The van der Waals surface area contributed by atoms with Crippen molar-refractivity contribution in [3.05, 3.63) is 34.9 Å². The number of hydrogen-bond acceptors (Lipinski definition) is 3. The third-order valence-corrected chi connectivity index (χ3v) is 5.54. The van der Waals surface area contributed by atoms with Gasteiger partial charge in [0, 0.05) is 38.3 Å². The SMILES string of the molecule is Cc1cccc(C(CN)N2CCN3CCCCC3C2)c1C. The van der Waals surface area contributed by atoms with E-state index in [1.54, 1.807) is 0 Å². The van der Waals surface area contributed by atoms with Gasteiger partial charge in [-0.25, -0.2) is 0 Å². The molecular formula is C18H29N3. The van der Waals surface area contributed by atoms with E-state index < -0.39 is 0 Å². The summed E-state index contributed by atoms with van der Waals surface area (Å²) >= 11 is 0. The molecule has 2 N–H and O–H groups in total. The zero-order valence-corrected chi connectivity index (χ0v) is 13.5. The summed E-state index contributed by atoms with van der Waals surface area (Å²) in [5, 5.41) is 0. The van der Waals surface area contributed by atoms with Crippen LogP contribution in [0.3, 0.4) is 0 Å². The second-order valence-corrected chi connectivity index (χ2v) is 6.72. The van der Waals surface area contributed by atoms with Crippen LogP contribution in [-0.2, 0) is 0 Å². The largest absolute Gasteiger partial charge is 0.329 e. The molecule has 2 heterocycles. The van der Waals surface area contributed by atoms with Crippen molar-refractivity contribution >= 4 is 0 Å². The van der Waals surface area contributed by atoms with Crippen molar-refractivity contribution in [1.82, 2.24) is 9.80 Å². The molecule has 0 spiro atoms. The van der Waals surface area contributed by atoms with Gasteiger partial charge in [0.25, 0.3) is 0 Å². The highest BCUT2D eigenvalue weighted by molar-refractivity contribution is 5.35. The predicted octanol–water partition coefficient (Wildman–Crippen LogP) is 2.47. The first-order valence-electron chi connectivity index (χ1n) is 8.45. The molecule has 2 saturated heterocycles. The number of rotatable bonds is 3. The maximum absolute atomic E-state index is 6.17. The van der Waals surface area contributed by atoms with E-state index in [9.17, 15) is 0 Å². The van der Waals surface area contributed by atoms with E-state index >= 15 is 0 Å². The molecular weight excluding hydrogens is 258 g/mol. The lowest BCUT2D eigenvalue weighted by Gasteiger charge is -2.46.